The summed E-state index contributed by atoms with van der Waals surface area (Å²) in [4.78, 5) is 19.4. The molecule has 0 saturated carbocycles. The number of nitrogens with zero attached hydrogens (tertiary/aromatic N) is 1. The van der Waals surface area contributed by atoms with Crippen LogP contribution in [0.3, 0.4) is 0 Å². The molecule has 1 aromatic heterocycles. The third kappa shape index (κ3) is 1.29. The molecule has 0 amide bonds. The van der Waals surface area contributed by atoms with Gasteiger partial charge in [-0.05, 0) is 19.2 Å². The predicted octanol–water partition coefficient (Wildman–Crippen LogP) is 1.56. The Bertz CT molecular complexity index is 353. The lowest BCUT2D eigenvalue weighted by Crippen LogP contribution is -2.00. The Labute approximate surface area is 66.7 Å². The first-order chi connectivity index (χ1) is 5.15. The van der Waals surface area contributed by atoms with Crippen LogP contribution in [0.25, 0.3) is 5.57 Å². The molecule has 0 saturated heterocycles. The Kier molecular flexibility index (Phi) is 1.76. The molecule has 11 heavy (non-hydrogen) atoms. The maximum absolute atomic E-state index is 10.7. The molecule has 1 aromatic rings. The highest BCUT2D eigenvalue weighted by molar-refractivity contribution is 5.67. The zero-order valence-corrected chi connectivity index (χ0v) is 6.27. The largest absolute Gasteiger partial charge is 0.325 e. The van der Waals surface area contributed by atoms with Crippen LogP contribution >= 0.6 is 0 Å². The van der Waals surface area contributed by atoms with Gasteiger partial charge in [-0.2, -0.15) is 0 Å². The highest BCUT2D eigenvalue weighted by Crippen LogP contribution is 2.17. The van der Waals surface area contributed by atoms with E-state index in [0.29, 0.717) is 11.5 Å². The van der Waals surface area contributed by atoms with Crippen molar-refractivity contribution in [2.24, 2.45) is 4.99 Å². The molecule has 62 valence electrons. The molecule has 0 radical (unpaired) electrons. The molecular formula is C7H13N3O. The molecule has 1 rings (SSSR count). The summed E-state index contributed by atoms with van der Waals surface area (Å²) in [5.74, 6) is 0.447. The SMILES string of the molecule is C=Nc1[nH]c(=O)[nH]c1C(=C)C.[HH].[HH]. The van der Waals surface area contributed by atoms with Gasteiger partial charge in [0.1, 0.15) is 0 Å². The summed E-state index contributed by atoms with van der Waals surface area (Å²) in [6.07, 6.45) is 0. The van der Waals surface area contributed by atoms with Crippen LogP contribution in [0.1, 0.15) is 15.5 Å². The standard InChI is InChI=1S/C7H9N3O.2H2/c1-4(2)5-6(8-3)10-7(11)9-5;;/h1,3H2,2H3,(H2,9,10,11);2*1H. The molecule has 0 atom stereocenters. The number of aliphatic imine (C=N–C) groups is 1. The van der Waals surface area contributed by atoms with Gasteiger partial charge in [0.25, 0.3) is 0 Å². The van der Waals surface area contributed by atoms with Crippen molar-refractivity contribution < 1.29 is 2.85 Å². The number of rotatable bonds is 2. The first-order valence-corrected chi connectivity index (χ1v) is 3.10. The summed E-state index contributed by atoms with van der Waals surface area (Å²) in [6, 6.07) is 0. The van der Waals surface area contributed by atoms with Crippen LogP contribution in [-0.2, 0) is 0 Å². The quantitative estimate of drug-likeness (QED) is 0.625. The highest BCUT2D eigenvalue weighted by Gasteiger charge is 2.03. The molecule has 0 spiro atoms. The van der Waals surface area contributed by atoms with Gasteiger partial charge in [0, 0.05) is 2.85 Å². The van der Waals surface area contributed by atoms with Crippen LogP contribution in [0.5, 0.6) is 0 Å². The van der Waals surface area contributed by atoms with Gasteiger partial charge < -0.3 is 4.98 Å². The molecule has 0 aromatic carbocycles. The molecule has 4 nitrogen and oxygen atoms in total. The zero-order chi connectivity index (χ0) is 8.43. The van der Waals surface area contributed by atoms with E-state index in [2.05, 4.69) is 28.3 Å². The number of nitrogens with one attached hydrogen (secondary N) is 2. The molecule has 0 bridgehead atoms. The topological polar surface area (TPSA) is 61.0 Å². The van der Waals surface area contributed by atoms with Gasteiger partial charge in [0.05, 0.1) is 5.69 Å². The molecule has 4 heteroatoms. The number of aromatic amines is 2. The fraction of sp³-hybridized carbons (Fsp3) is 0.143. The van der Waals surface area contributed by atoms with Crippen molar-refractivity contribution in [1.29, 1.82) is 0 Å². The molecule has 0 aliphatic rings. The number of hydrogen-bond acceptors (Lipinski definition) is 2. The monoisotopic (exact) mass is 155 g/mol. The average Bonchev–Trinajstić information content (AvgIpc) is 2.30. The summed E-state index contributed by atoms with van der Waals surface area (Å²) >= 11 is 0. The van der Waals surface area contributed by atoms with Gasteiger partial charge in [-0.1, -0.05) is 6.58 Å². The lowest BCUT2D eigenvalue weighted by molar-refractivity contribution is 1.18. The van der Waals surface area contributed by atoms with Crippen LogP contribution in [0, 0.1) is 0 Å². The predicted molar refractivity (Wildman–Crippen MR) is 49.6 cm³/mol. The first kappa shape index (κ1) is 7.53. The number of aromatic nitrogens is 2. The Balaban J connectivity index is 0. The van der Waals surface area contributed by atoms with E-state index in [9.17, 15) is 4.79 Å². The minimum absolute atomic E-state index is 0. The van der Waals surface area contributed by atoms with E-state index < -0.39 is 0 Å². The maximum atomic E-state index is 10.7. The first-order valence-electron chi connectivity index (χ1n) is 3.10. The van der Waals surface area contributed by atoms with Crippen LogP contribution in [-0.4, -0.2) is 16.7 Å². The van der Waals surface area contributed by atoms with E-state index in [1.165, 1.54) is 0 Å². The van der Waals surface area contributed by atoms with Crippen molar-refractivity contribution in [2.45, 2.75) is 6.92 Å². The Morgan fingerprint density at radius 2 is 2.27 bits per heavy atom. The van der Waals surface area contributed by atoms with E-state index in [0.717, 1.165) is 5.57 Å². The normalized spacial score (nSPS) is 9.55. The summed E-state index contributed by atoms with van der Waals surface area (Å²) in [5.41, 5.74) is 1.08. The van der Waals surface area contributed by atoms with Crippen molar-refractivity contribution in [3.05, 3.63) is 22.8 Å². The second-order valence-electron chi connectivity index (χ2n) is 2.24. The number of imidazole rings is 1. The number of hydrogen-bond donors (Lipinski definition) is 2. The maximum Gasteiger partial charge on any atom is 0.325 e. The Morgan fingerprint density at radius 1 is 1.64 bits per heavy atom. The molecule has 0 fully saturated rings. The molecular weight excluding hydrogens is 142 g/mol. The van der Waals surface area contributed by atoms with Gasteiger partial charge in [-0.25, -0.2) is 9.79 Å². The van der Waals surface area contributed by atoms with Crippen LogP contribution in [0.4, 0.5) is 5.82 Å². The van der Waals surface area contributed by atoms with Gasteiger partial charge in [0.15, 0.2) is 5.82 Å². The highest BCUT2D eigenvalue weighted by atomic mass is 16.1. The van der Waals surface area contributed by atoms with Gasteiger partial charge in [-0.3, -0.25) is 4.98 Å². The van der Waals surface area contributed by atoms with Crippen LogP contribution in [0.15, 0.2) is 16.4 Å². The van der Waals surface area contributed by atoms with Crippen molar-refractivity contribution in [3.63, 3.8) is 0 Å². The minimum Gasteiger partial charge on any atom is -0.304 e. The second kappa shape index (κ2) is 2.57. The van der Waals surface area contributed by atoms with E-state index in [1.807, 2.05) is 0 Å². The third-order valence-electron chi connectivity index (χ3n) is 1.29. The second-order valence-corrected chi connectivity index (χ2v) is 2.24. The third-order valence-corrected chi connectivity index (χ3v) is 1.29. The molecule has 1 heterocycles. The molecule has 0 aliphatic carbocycles. The summed E-state index contributed by atoms with van der Waals surface area (Å²) in [6.45, 7) is 8.76. The van der Waals surface area contributed by atoms with E-state index in [1.54, 1.807) is 6.92 Å². The summed E-state index contributed by atoms with van der Waals surface area (Å²) < 4.78 is 0. The Morgan fingerprint density at radius 3 is 2.64 bits per heavy atom. The zero-order valence-electron chi connectivity index (χ0n) is 6.27. The van der Waals surface area contributed by atoms with Gasteiger partial charge >= 0.3 is 5.69 Å². The lowest BCUT2D eigenvalue weighted by atomic mass is 10.2. The van der Waals surface area contributed by atoms with Crippen molar-refractivity contribution >= 4 is 18.1 Å². The number of allylic oxidation sites excluding steroid dienone is 1. The Hall–Kier alpha value is -1.58. The lowest BCUT2D eigenvalue weighted by Gasteiger charge is -1.93. The van der Waals surface area contributed by atoms with Crippen LogP contribution < -0.4 is 5.69 Å². The minimum atomic E-state index is -0.287. The van der Waals surface area contributed by atoms with Crippen molar-refractivity contribution in [1.82, 2.24) is 9.97 Å². The summed E-state index contributed by atoms with van der Waals surface area (Å²) in [5, 5.41) is 0. The van der Waals surface area contributed by atoms with Gasteiger partial charge in [-0.15, -0.1) is 0 Å². The molecule has 0 unspecified atom stereocenters. The van der Waals surface area contributed by atoms with E-state index in [-0.39, 0.29) is 8.54 Å². The van der Waals surface area contributed by atoms with E-state index >= 15 is 0 Å². The molecule has 2 N–H and O–H groups in total. The average molecular weight is 155 g/mol. The fourth-order valence-electron chi connectivity index (χ4n) is 0.801. The van der Waals surface area contributed by atoms with E-state index in [4.69, 9.17) is 0 Å². The van der Waals surface area contributed by atoms with Crippen LogP contribution in [0.2, 0.25) is 0 Å². The smallest absolute Gasteiger partial charge is 0.304 e. The molecule has 0 aliphatic heterocycles. The van der Waals surface area contributed by atoms with Gasteiger partial charge in [0.2, 0.25) is 0 Å². The summed E-state index contributed by atoms with van der Waals surface area (Å²) in [7, 11) is 0. The van der Waals surface area contributed by atoms with Crippen molar-refractivity contribution in [2.75, 3.05) is 0 Å². The number of H-pyrrole nitrogens is 2. The fourth-order valence-corrected chi connectivity index (χ4v) is 0.801. The van der Waals surface area contributed by atoms with Crippen molar-refractivity contribution in [3.8, 4) is 0 Å².